The van der Waals surface area contributed by atoms with Gasteiger partial charge in [-0.25, -0.2) is 4.39 Å². The molecule has 1 heterocycles. The molecule has 6 heteroatoms. The number of hydrogen-bond acceptors (Lipinski definition) is 4. The number of hydrogen-bond donors (Lipinski definition) is 1. The molecule has 0 bridgehead atoms. The number of halogens is 1. The van der Waals surface area contributed by atoms with Crippen molar-refractivity contribution < 1.29 is 19.1 Å². The Morgan fingerprint density at radius 2 is 1.78 bits per heavy atom. The van der Waals surface area contributed by atoms with E-state index >= 15 is 0 Å². The number of carbonyl (C=O) groups excluding carboxylic acids is 2. The summed E-state index contributed by atoms with van der Waals surface area (Å²) in [5.41, 5.74) is 1.34. The number of likely N-dealkylation sites (tertiary alicyclic amines) is 1. The van der Waals surface area contributed by atoms with Crippen LogP contribution in [0.5, 0.6) is 0 Å². The number of Topliss-reactive ketones (excluding diaryl/α,β-unsaturated/α-hetero) is 1. The van der Waals surface area contributed by atoms with Crippen LogP contribution in [0.25, 0.3) is 0 Å². The lowest BCUT2D eigenvalue weighted by molar-refractivity contribution is -0.140. The Kier molecular flexibility index (Phi) is 7.80. The molecule has 1 saturated heterocycles. The fourth-order valence-electron chi connectivity index (χ4n) is 4.49. The van der Waals surface area contributed by atoms with Crippen molar-refractivity contribution in [2.24, 2.45) is 0 Å². The summed E-state index contributed by atoms with van der Waals surface area (Å²) in [5.74, 6) is -1.02. The molecule has 0 aliphatic carbocycles. The normalized spacial score (nSPS) is 17.0. The van der Waals surface area contributed by atoms with Crippen LogP contribution in [0.4, 0.5) is 4.39 Å². The summed E-state index contributed by atoms with van der Waals surface area (Å²) in [4.78, 5) is 29.1. The molecule has 1 aliphatic rings. The van der Waals surface area contributed by atoms with Crippen molar-refractivity contribution in [1.82, 2.24) is 9.80 Å². The van der Waals surface area contributed by atoms with Crippen LogP contribution in [0, 0.1) is 12.7 Å². The van der Waals surface area contributed by atoms with Gasteiger partial charge in [-0.1, -0.05) is 29.8 Å². The second-order valence-electron chi connectivity index (χ2n) is 9.06. The molecule has 0 spiro atoms. The van der Waals surface area contributed by atoms with Crippen LogP contribution in [-0.2, 0) is 4.79 Å². The Morgan fingerprint density at radius 3 is 2.38 bits per heavy atom. The Morgan fingerprint density at radius 1 is 1.12 bits per heavy atom. The highest BCUT2D eigenvalue weighted by molar-refractivity contribution is 5.95. The maximum absolute atomic E-state index is 13.0. The van der Waals surface area contributed by atoms with Crippen molar-refractivity contribution in [3.8, 4) is 0 Å². The third-order valence-corrected chi connectivity index (χ3v) is 6.37. The smallest absolute Gasteiger partial charge is 0.232 e. The molecule has 2 aromatic rings. The van der Waals surface area contributed by atoms with Gasteiger partial charge in [0, 0.05) is 39.2 Å². The van der Waals surface area contributed by atoms with Crippen molar-refractivity contribution in [3.63, 3.8) is 0 Å². The predicted molar refractivity (Wildman–Crippen MR) is 123 cm³/mol. The van der Waals surface area contributed by atoms with Crippen molar-refractivity contribution in [1.29, 1.82) is 0 Å². The fraction of sp³-hybridized carbons (Fsp3) is 0.462. The summed E-state index contributed by atoms with van der Waals surface area (Å²) in [5, 5.41) is 11.5. The summed E-state index contributed by atoms with van der Waals surface area (Å²) in [6.07, 6.45) is 2.10. The molecular formula is C26H33FN2O3. The molecule has 3 rings (SSSR count). The van der Waals surface area contributed by atoms with E-state index in [1.165, 1.54) is 24.3 Å². The molecule has 1 amide bonds. The fourth-order valence-corrected chi connectivity index (χ4v) is 4.49. The lowest BCUT2D eigenvalue weighted by Crippen LogP contribution is -2.52. The molecule has 0 saturated carbocycles. The van der Waals surface area contributed by atoms with Crippen molar-refractivity contribution in [2.45, 2.75) is 44.1 Å². The Labute approximate surface area is 189 Å². The molecule has 0 aromatic heterocycles. The van der Waals surface area contributed by atoms with E-state index in [2.05, 4.69) is 4.90 Å². The lowest BCUT2D eigenvalue weighted by atomic mass is 9.74. The zero-order valence-electron chi connectivity index (χ0n) is 19.2. The van der Waals surface area contributed by atoms with E-state index in [0.29, 0.717) is 44.3 Å². The molecule has 1 N–H and O–H groups in total. The largest absolute Gasteiger partial charge is 0.389 e. The second kappa shape index (κ2) is 10.4. The van der Waals surface area contributed by atoms with Crippen LogP contribution in [0.3, 0.4) is 0 Å². The predicted octanol–water partition coefficient (Wildman–Crippen LogP) is 3.80. The first-order chi connectivity index (χ1) is 15.2. The molecule has 0 radical (unpaired) electrons. The number of benzene rings is 2. The lowest BCUT2D eigenvalue weighted by Gasteiger charge is -2.43. The van der Waals surface area contributed by atoms with E-state index in [0.717, 1.165) is 17.7 Å². The summed E-state index contributed by atoms with van der Waals surface area (Å²) < 4.78 is 13.0. The molecule has 5 nitrogen and oxygen atoms in total. The van der Waals surface area contributed by atoms with Gasteiger partial charge in [0.1, 0.15) is 5.82 Å². The maximum Gasteiger partial charge on any atom is 0.232 e. The standard InChI is InChI=1S/C26H33FN2O3/c1-19-6-4-7-21(18-19)24(25(31)28(2)3)26(32)13-16-29(17-14-26)15-5-8-23(30)20-9-11-22(27)12-10-20/h4,6-7,9-12,18,24,32H,5,8,13-17H2,1-3H3. The van der Waals surface area contributed by atoms with Crippen LogP contribution in [0.15, 0.2) is 48.5 Å². The number of amides is 1. The maximum atomic E-state index is 13.0. The molecule has 1 unspecified atom stereocenters. The van der Waals surface area contributed by atoms with E-state index in [1.807, 2.05) is 31.2 Å². The topological polar surface area (TPSA) is 60.9 Å². The van der Waals surface area contributed by atoms with Gasteiger partial charge < -0.3 is 14.9 Å². The highest BCUT2D eigenvalue weighted by Crippen LogP contribution is 2.38. The minimum Gasteiger partial charge on any atom is -0.389 e. The Bertz CT molecular complexity index is 934. The number of carbonyl (C=O) groups is 2. The highest BCUT2D eigenvalue weighted by atomic mass is 19.1. The van der Waals surface area contributed by atoms with E-state index < -0.39 is 11.5 Å². The van der Waals surface area contributed by atoms with Crippen molar-refractivity contribution >= 4 is 11.7 Å². The number of rotatable bonds is 8. The van der Waals surface area contributed by atoms with Crippen LogP contribution in [0.2, 0.25) is 0 Å². The minimum absolute atomic E-state index is 0.00889. The minimum atomic E-state index is -1.10. The summed E-state index contributed by atoms with van der Waals surface area (Å²) >= 11 is 0. The molecule has 1 aliphatic heterocycles. The number of likely N-dealkylation sites (N-methyl/N-ethyl adjacent to an activating group) is 1. The van der Waals surface area contributed by atoms with Crippen LogP contribution < -0.4 is 0 Å². The summed E-state index contributed by atoms with van der Waals surface area (Å²) in [6.45, 7) is 4.08. The first kappa shape index (κ1) is 24.1. The van der Waals surface area contributed by atoms with E-state index in [4.69, 9.17) is 0 Å². The van der Waals surface area contributed by atoms with Gasteiger partial charge in [0.25, 0.3) is 0 Å². The molecule has 172 valence electrons. The van der Waals surface area contributed by atoms with Gasteiger partial charge in [-0.05, 0) is 62.6 Å². The first-order valence-corrected chi connectivity index (χ1v) is 11.2. The summed E-state index contributed by atoms with van der Waals surface area (Å²) in [7, 11) is 3.45. The van der Waals surface area contributed by atoms with Gasteiger partial charge in [0.2, 0.25) is 5.91 Å². The van der Waals surface area contributed by atoms with Crippen LogP contribution in [0.1, 0.15) is 53.1 Å². The monoisotopic (exact) mass is 440 g/mol. The molecular weight excluding hydrogens is 407 g/mol. The third-order valence-electron chi connectivity index (χ3n) is 6.37. The Balaban J connectivity index is 1.58. The summed E-state index contributed by atoms with van der Waals surface area (Å²) in [6, 6.07) is 13.5. The van der Waals surface area contributed by atoms with Gasteiger partial charge in [-0.3, -0.25) is 9.59 Å². The number of nitrogens with zero attached hydrogens (tertiary/aromatic N) is 2. The number of aryl methyl sites for hydroxylation is 1. The van der Waals surface area contributed by atoms with Gasteiger partial charge in [0.15, 0.2) is 5.78 Å². The van der Waals surface area contributed by atoms with E-state index in [-0.39, 0.29) is 17.5 Å². The van der Waals surface area contributed by atoms with Gasteiger partial charge in [-0.2, -0.15) is 0 Å². The third kappa shape index (κ3) is 5.81. The second-order valence-corrected chi connectivity index (χ2v) is 9.06. The van der Waals surface area contributed by atoms with Crippen molar-refractivity contribution in [3.05, 3.63) is 71.0 Å². The zero-order chi connectivity index (χ0) is 23.3. The number of piperidine rings is 1. The average molecular weight is 441 g/mol. The van der Waals surface area contributed by atoms with Crippen molar-refractivity contribution in [2.75, 3.05) is 33.7 Å². The molecule has 32 heavy (non-hydrogen) atoms. The molecule has 2 aromatic carbocycles. The zero-order valence-corrected chi connectivity index (χ0v) is 19.2. The quantitative estimate of drug-likeness (QED) is 0.635. The average Bonchev–Trinajstić information content (AvgIpc) is 2.75. The number of aliphatic hydroxyl groups is 1. The SMILES string of the molecule is Cc1cccc(C(C(=O)N(C)C)C2(O)CCN(CCCC(=O)c3ccc(F)cc3)CC2)c1. The molecule has 1 atom stereocenters. The van der Waals surface area contributed by atoms with Crippen LogP contribution >= 0.6 is 0 Å². The van der Waals surface area contributed by atoms with E-state index in [1.54, 1.807) is 19.0 Å². The van der Waals surface area contributed by atoms with Gasteiger partial charge >= 0.3 is 0 Å². The van der Waals surface area contributed by atoms with Gasteiger partial charge in [-0.15, -0.1) is 0 Å². The Hall–Kier alpha value is -2.57. The van der Waals surface area contributed by atoms with Gasteiger partial charge in [0.05, 0.1) is 11.5 Å². The number of ketones is 1. The van der Waals surface area contributed by atoms with Crippen LogP contribution in [-0.4, -0.2) is 65.9 Å². The molecule has 1 fully saturated rings. The first-order valence-electron chi connectivity index (χ1n) is 11.2. The van der Waals surface area contributed by atoms with E-state index in [9.17, 15) is 19.1 Å². The highest BCUT2D eigenvalue weighted by Gasteiger charge is 2.45.